The van der Waals surface area contributed by atoms with Crippen LogP contribution in [0.25, 0.3) is 6.08 Å². The number of fused-ring (bicyclic) bond motifs is 2. The summed E-state index contributed by atoms with van der Waals surface area (Å²) in [5.74, 6) is 0.842. The third-order valence-corrected chi connectivity index (χ3v) is 6.60. The maximum absolute atomic E-state index is 11.1. The number of rotatable bonds is 5. The highest BCUT2D eigenvalue weighted by molar-refractivity contribution is 6.46. The van der Waals surface area contributed by atoms with Crippen molar-refractivity contribution in [3.05, 3.63) is 64.4 Å². The number of hydrogen-bond donors (Lipinski definition) is 1. The molecule has 2 aromatic heterocycles. The van der Waals surface area contributed by atoms with Crippen molar-refractivity contribution >= 4 is 29.1 Å². The zero-order chi connectivity index (χ0) is 25.6. The number of allylic oxidation sites excluding steroid dienone is 3. The molecule has 0 saturated heterocycles. The van der Waals surface area contributed by atoms with Crippen molar-refractivity contribution in [3.63, 3.8) is 0 Å². The highest BCUT2D eigenvalue weighted by atomic mass is 16.1. The summed E-state index contributed by atoms with van der Waals surface area (Å²) in [6.45, 7) is 12.0. The molecule has 184 valence electrons. The molecule has 3 heterocycles. The molecule has 2 aromatic rings. The molecule has 1 fully saturated rings. The van der Waals surface area contributed by atoms with Gasteiger partial charge in [0.1, 0.15) is 12.0 Å². The Bertz CT molecular complexity index is 1200. The number of aryl methyl sites for hydroxylation is 1. The molecule has 1 aliphatic heterocycles. The number of aliphatic imine (C=N–C) groups is 1. The van der Waals surface area contributed by atoms with Gasteiger partial charge in [-0.3, -0.25) is 10.2 Å². The predicted molar refractivity (Wildman–Crippen MR) is 144 cm³/mol. The molecule has 2 aliphatic carbocycles. The van der Waals surface area contributed by atoms with Gasteiger partial charge in [0.25, 0.3) is 0 Å². The van der Waals surface area contributed by atoms with Gasteiger partial charge in [-0.25, -0.2) is 19.9 Å². The number of carbonyl (C=O) groups excluding carboxylic acids is 1. The topological polar surface area (TPSA) is 92.0 Å². The quantitative estimate of drug-likeness (QED) is 0.383. The lowest BCUT2D eigenvalue weighted by Gasteiger charge is -2.17. The van der Waals surface area contributed by atoms with Crippen LogP contribution in [0.2, 0.25) is 0 Å². The van der Waals surface area contributed by atoms with Gasteiger partial charge in [-0.1, -0.05) is 51.5 Å². The molecule has 3 aliphatic rings. The molecule has 0 aromatic carbocycles. The van der Waals surface area contributed by atoms with E-state index in [9.17, 15) is 4.79 Å². The van der Waals surface area contributed by atoms with Crippen molar-refractivity contribution in [2.75, 3.05) is 0 Å². The Morgan fingerprint density at radius 1 is 1.14 bits per heavy atom. The van der Waals surface area contributed by atoms with Gasteiger partial charge in [0.15, 0.2) is 11.6 Å². The maximum Gasteiger partial charge on any atom is 0.178 e. The Kier molecular flexibility index (Phi) is 8.60. The van der Waals surface area contributed by atoms with Crippen LogP contribution in [0.15, 0.2) is 41.2 Å². The average Bonchev–Trinajstić information content (AvgIpc) is 3.44. The van der Waals surface area contributed by atoms with E-state index in [2.05, 4.69) is 47.9 Å². The van der Waals surface area contributed by atoms with Gasteiger partial charge in [0.2, 0.25) is 0 Å². The fourth-order valence-corrected chi connectivity index (χ4v) is 3.95. The summed E-state index contributed by atoms with van der Waals surface area (Å²) in [7, 11) is 0. The van der Waals surface area contributed by atoms with Gasteiger partial charge >= 0.3 is 0 Å². The minimum Gasteiger partial charge on any atom is -0.299 e. The average molecular weight is 472 g/mol. The van der Waals surface area contributed by atoms with E-state index in [1.54, 1.807) is 0 Å². The zero-order valence-electron chi connectivity index (χ0n) is 21.9. The van der Waals surface area contributed by atoms with Gasteiger partial charge in [-0.05, 0) is 56.7 Å². The molecular weight excluding hydrogens is 434 g/mol. The fourth-order valence-electron chi connectivity index (χ4n) is 3.95. The lowest BCUT2D eigenvalue weighted by molar-refractivity contribution is 0.101. The van der Waals surface area contributed by atoms with E-state index in [1.165, 1.54) is 37.2 Å². The van der Waals surface area contributed by atoms with Crippen molar-refractivity contribution in [2.24, 2.45) is 4.99 Å². The summed E-state index contributed by atoms with van der Waals surface area (Å²) in [5, 5.41) is 8.21. The predicted octanol–water partition coefficient (Wildman–Crippen LogP) is 6.80. The highest BCUT2D eigenvalue weighted by Gasteiger charge is 2.40. The first-order valence-corrected chi connectivity index (χ1v) is 12.7. The van der Waals surface area contributed by atoms with Gasteiger partial charge < -0.3 is 0 Å². The number of nitrogens with one attached hydrogen (secondary N) is 1. The minimum atomic E-state index is 0.000185. The molecule has 5 rings (SSSR count). The van der Waals surface area contributed by atoms with Crippen molar-refractivity contribution in [1.29, 1.82) is 5.41 Å². The smallest absolute Gasteiger partial charge is 0.178 e. The van der Waals surface area contributed by atoms with Crippen molar-refractivity contribution in [2.45, 2.75) is 85.5 Å². The number of carbonyl (C=O) groups is 1. The second-order valence-electron chi connectivity index (χ2n) is 9.30. The van der Waals surface area contributed by atoms with E-state index < -0.39 is 0 Å². The molecule has 0 atom stereocenters. The first-order chi connectivity index (χ1) is 16.8. The van der Waals surface area contributed by atoms with Crippen LogP contribution in [0.1, 0.15) is 100 Å². The van der Waals surface area contributed by atoms with Crippen molar-refractivity contribution < 1.29 is 4.79 Å². The number of ketones is 1. The maximum atomic E-state index is 11.1. The molecular formula is C29H37N5O. The van der Waals surface area contributed by atoms with E-state index in [1.807, 2.05) is 32.1 Å². The molecule has 1 saturated carbocycles. The molecule has 6 heteroatoms. The molecule has 0 unspecified atom stereocenters. The van der Waals surface area contributed by atoms with Crippen LogP contribution in [-0.4, -0.2) is 32.2 Å². The lowest BCUT2D eigenvalue weighted by atomic mass is 9.98. The van der Waals surface area contributed by atoms with Crippen LogP contribution < -0.4 is 0 Å². The summed E-state index contributed by atoms with van der Waals surface area (Å²) < 4.78 is 0. The second kappa shape index (κ2) is 11.4. The lowest BCUT2D eigenvalue weighted by Crippen LogP contribution is -2.16. The first kappa shape index (κ1) is 26.3. The minimum absolute atomic E-state index is 0.000185. The summed E-state index contributed by atoms with van der Waals surface area (Å²) in [4.78, 5) is 28.5. The third-order valence-electron chi connectivity index (χ3n) is 6.60. The van der Waals surface area contributed by atoms with E-state index in [-0.39, 0.29) is 11.2 Å². The molecule has 0 amide bonds. The van der Waals surface area contributed by atoms with Gasteiger partial charge in [-0.15, -0.1) is 0 Å². The Morgan fingerprint density at radius 2 is 1.89 bits per heavy atom. The molecule has 0 spiro atoms. The van der Waals surface area contributed by atoms with Crippen LogP contribution in [0.5, 0.6) is 0 Å². The largest absolute Gasteiger partial charge is 0.299 e. The molecule has 0 radical (unpaired) electrons. The molecule has 0 bridgehead atoms. The Hall–Kier alpha value is -3.28. The highest BCUT2D eigenvalue weighted by Crippen LogP contribution is 2.47. The Morgan fingerprint density at radius 3 is 2.54 bits per heavy atom. The van der Waals surface area contributed by atoms with Crippen LogP contribution in [0.4, 0.5) is 5.82 Å². The SMILES string of the molecule is CC.CC(=O)c1ncnc2c1C=CC2.CC/C(C)=C/C(=N)C1=Nc2nc(C3(C)CC3)ccc2CC1. The molecule has 6 nitrogen and oxygen atoms in total. The molecule has 1 N–H and O–H groups in total. The van der Waals surface area contributed by atoms with Crippen molar-refractivity contribution in [3.8, 4) is 0 Å². The zero-order valence-corrected chi connectivity index (χ0v) is 21.9. The monoisotopic (exact) mass is 471 g/mol. The van der Waals surface area contributed by atoms with Crippen LogP contribution >= 0.6 is 0 Å². The summed E-state index contributed by atoms with van der Waals surface area (Å²) in [6.07, 6.45) is 13.3. The number of hydrogen-bond acceptors (Lipinski definition) is 6. The van der Waals surface area contributed by atoms with Crippen LogP contribution in [0.3, 0.4) is 0 Å². The Balaban J connectivity index is 0.000000207. The normalized spacial score (nSPS) is 16.5. The fraction of sp³-hybridized carbons (Fsp3) is 0.448. The van der Waals surface area contributed by atoms with Gasteiger partial charge in [-0.2, -0.15) is 0 Å². The Labute approximate surface area is 209 Å². The first-order valence-electron chi connectivity index (χ1n) is 12.7. The van der Waals surface area contributed by atoms with Gasteiger partial charge in [0.05, 0.1) is 17.1 Å². The summed E-state index contributed by atoms with van der Waals surface area (Å²) in [6, 6.07) is 4.34. The third kappa shape index (κ3) is 6.24. The van der Waals surface area contributed by atoms with Crippen LogP contribution in [-0.2, 0) is 18.3 Å². The standard InChI is InChI=1S/C18H23N3.C9H8N2O.C2H6/c1-4-12(2)11-14(19)15-7-5-13-6-8-16(18(3)9-10-18)21-17(13)20-15;1-6(12)9-7-3-2-4-8(7)10-5-11-9;1-2/h6,8,11,19H,4-5,7,9-10H2,1-3H3;2-3,5H,4H2,1H3;1-2H3/b12-11+,19-14?;;. The number of nitrogens with zero attached hydrogens (tertiary/aromatic N) is 4. The van der Waals surface area contributed by atoms with E-state index in [0.29, 0.717) is 11.4 Å². The number of pyridine rings is 1. The van der Waals surface area contributed by atoms with E-state index in [4.69, 9.17) is 10.4 Å². The number of Topliss-reactive ketones (excluding diaryl/α,β-unsaturated/α-hetero) is 1. The second-order valence-corrected chi connectivity index (χ2v) is 9.30. The van der Waals surface area contributed by atoms with E-state index >= 15 is 0 Å². The van der Waals surface area contributed by atoms with E-state index in [0.717, 1.165) is 54.2 Å². The number of aromatic nitrogens is 3. The van der Waals surface area contributed by atoms with Gasteiger partial charge in [0, 0.05) is 30.0 Å². The van der Waals surface area contributed by atoms with Crippen LogP contribution in [0, 0.1) is 5.41 Å². The summed E-state index contributed by atoms with van der Waals surface area (Å²) in [5.41, 5.74) is 7.68. The molecule has 35 heavy (non-hydrogen) atoms. The van der Waals surface area contributed by atoms with Crippen molar-refractivity contribution in [1.82, 2.24) is 15.0 Å². The summed E-state index contributed by atoms with van der Waals surface area (Å²) >= 11 is 0.